The monoisotopic (exact) mass is 527 g/mol. The number of nitrogens with zero attached hydrogens (tertiary/aromatic N) is 1. The topological polar surface area (TPSA) is 61.4 Å². The third-order valence-electron chi connectivity index (χ3n) is 7.03. The SMILES string of the molecule is Cc1ccc(S(=O)(=O)NC2CCC(F)(CC(c3cccc(Cl)c3Cl)N3CCNCC3)CC2)cc1. The molecular weight excluding hydrogens is 496 g/mol. The van der Waals surface area contributed by atoms with Gasteiger partial charge in [0.05, 0.1) is 14.9 Å². The largest absolute Gasteiger partial charge is 0.314 e. The van der Waals surface area contributed by atoms with Gasteiger partial charge in [0.25, 0.3) is 0 Å². The van der Waals surface area contributed by atoms with Crippen LogP contribution in [0.25, 0.3) is 0 Å². The van der Waals surface area contributed by atoms with Crippen LogP contribution in [0.1, 0.15) is 49.3 Å². The number of nitrogens with one attached hydrogen (secondary N) is 2. The summed E-state index contributed by atoms with van der Waals surface area (Å²) in [7, 11) is -3.63. The van der Waals surface area contributed by atoms with Gasteiger partial charge in [0, 0.05) is 44.7 Å². The summed E-state index contributed by atoms with van der Waals surface area (Å²) < 4.78 is 44.5. The number of piperazine rings is 1. The Bertz CT molecular complexity index is 1080. The summed E-state index contributed by atoms with van der Waals surface area (Å²) in [6.45, 7) is 5.22. The first-order valence-electron chi connectivity index (χ1n) is 11.8. The van der Waals surface area contributed by atoms with Crippen LogP contribution in [0.5, 0.6) is 0 Å². The van der Waals surface area contributed by atoms with Crippen LogP contribution in [0.2, 0.25) is 10.0 Å². The summed E-state index contributed by atoms with van der Waals surface area (Å²) in [5, 5.41) is 4.30. The van der Waals surface area contributed by atoms with Gasteiger partial charge in [0.1, 0.15) is 5.67 Å². The molecule has 1 saturated carbocycles. The van der Waals surface area contributed by atoms with Gasteiger partial charge >= 0.3 is 0 Å². The van der Waals surface area contributed by atoms with Gasteiger partial charge in [-0.25, -0.2) is 17.5 Å². The van der Waals surface area contributed by atoms with Crippen LogP contribution >= 0.6 is 23.2 Å². The average Bonchev–Trinajstić information content (AvgIpc) is 2.82. The fourth-order valence-electron chi connectivity index (χ4n) is 5.02. The number of benzene rings is 2. The number of aryl methyl sites for hydroxylation is 1. The first-order valence-corrected chi connectivity index (χ1v) is 14.1. The van der Waals surface area contributed by atoms with Crippen molar-refractivity contribution in [3.05, 3.63) is 63.6 Å². The lowest BCUT2D eigenvalue weighted by Gasteiger charge is -2.41. The lowest BCUT2D eigenvalue weighted by atomic mass is 9.78. The van der Waals surface area contributed by atoms with Gasteiger partial charge in [-0.2, -0.15) is 0 Å². The average molecular weight is 529 g/mol. The zero-order valence-electron chi connectivity index (χ0n) is 19.4. The molecule has 1 unspecified atom stereocenters. The molecule has 1 atom stereocenters. The van der Waals surface area contributed by atoms with Gasteiger partial charge in [-0.15, -0.1) is 0 Å². The van der Waals surface area contributed by atoms with E-state index in [1.54, 1.807) is 30.3 Å². The maximum absolute atomic E-state index is 16.2. The van der Waals surface area contributed by atoms with Crippen molar-refractivity contribution < 1.29 is 12.8 Å². The molecule has 0 amide bonds. The van der Waals surface area contributed by atoms with Crippen LogP contribution in [0, 0.1) is 6.92 Å². The second-order valence-corrected chi connectivity index (χ2v) is 12.0. The van der Waals surface area contributed by atoms with E-state index in [1.807, 2.05) is 19.1 Å². The molecule has 186 valence electrons. The number of sulfonamides is 1. The van der Waals surface area contributed by atoms with E-state index in [4.69, 9.17) is 23.2 Å². The predicted octanol–water partition coefficient (Wildman–Crippen LogP) is 5.27. The molecule has 1 heterocycles. The fourth-order valence-corrected chi connectivity index (χ4v) is 6.75. The molecule has 2 aromatic rings. The summed E-state index contributed by atoms with van der Waals surface area (Å²) in [5.41, 5.74) is 0.459. The number of halogens is 3. The van der Waals surface area contributed by atoms with Gasteiger partial charge in [-0.1, -0.05) is 53.0 Å². The van der Waals surface area contributed by atoms with Gasteiger partial charge < -0.3 is 5.32 Å². The standard InChI is InChI=1S/C25H32Cl2FN3O2S/c1-18-5-7-20(8-6-18)34(32,33)30-19-9-11-25(28,12-10-19)17-23(31-15-13-29-14-16-31)21-3-2-4-22(26)24(21)27/h2-8,19,23,29-30H,9-17H2,1H3. The number of rotatable bonds is 7. The third-order valence-corrected chi connectivity index (χ3v) is 9.40. The van der Waals surface area contributed by atoms with E-state index in [0.29, 0.717) is 42.1 Å². The van der Waals surface area contributed by atoms with Gasteiger partial charge in [-0.3, -0.25) is 4.90 Å². The van der Waals surface area contributed by atoms with Crippen molar-refractivity contribution in [2.24, 2.45) is 0 Å². The summed E-state index contributed by atoms with van der Waals surface area (Å²) in [6.07, 6.45) is 1.83. The molecule has 1 saturated heterocycles. The lowest BCUT2D eigenvalue weighted by Crippen LogP contribution is -2.48. The predicted molar refractivity (Wildman–Crippen MR) is 136 cm³/mol. The Kier molecular flexibility index (Phi) is 8.22. The minimum absolute atomic E-state index is 0.181. The second kappa shape index (κ2) is 10.8. The van der Waals surface area contributed by atoms with Crippen LogP contribution < -0.4 is 10.0 Å². The molecule has 0 spiro atoms. The van der Waals surface area contributed by atoms with Crippen molar-refractivity contribution in [1.82, 2.24) is 14.9 Å². The van der Waals surface area contributed by atoms with Crippen LogP contribution in [0.3, 0.4) is 0 Å². The molecule has 2 aliphatic rings. The van der Waals surface area contributed by atoms with Crippen molar-refractivity contribution in [3.63, 3.8) is 0 Å². The first kappa shape index (κ1) is 25.9. The highest BCUT2D eigenvalue weighted by Gasteiger charge is 2.41. The number of alkyl halides is 1. The van der Waals surface area contributed by atoms with Crippen LogP contribution in [0.15, 0.2) is 47.4 Å². The summed E-state index contributed by atoms with van der Waals surface area (Å²) in [6, 6.07) is 11.9. The number of hydrogen-bond donors (Lipinski definition) is 2. The van der Waals surface area contributed by atoms with E-state index >= 15 is 4.39 Å². The van der Waals surface area contributed by atoms with E-state index in [9.17, 15) is 8.42 Å². The molecule has 2 N–H and O–H groups in total. The maximum Gasteiger partial charge on any atom is 0.240 e. The van der Waals surface area contributed by atoms with E-state index < -0.39 is 15.7 Å². The zero-order valence-corrected chi connectivity index (χ0v) is 21.7. The molecule has 34 heavy (non-hydrogen) atoms. The van der Waals surface area contributed by atoms with E-state index in [1.165, 1.54) is 0 Å². The first-order chi connectivity index (χ1) is 16.2. The van der Waals surface area contributed by atoms with E-state index in [0.717, 1.165) is 37.3 Å². The van der Waals surface area contributed by atoms with Crippen molar-refractivity contribution >= 4 is 33.2 Å². The zero-order chi connectivity index (χ0) is 24.3. The van der Waals surface area contributed by atoms with Crippen LogP contribution in [-0.2, 0) is 10.0 Å². The normalized spacial score (nSPS) is 25.2. The molecule has 0 radical (unpaired) electrons. The van der Waals surface area contributed by atoms with Gasteiger partial charge in [0.2, 0.25) is 10.0 Å². The highest BCUT2D eigenvalue weighted by molar-refractivity contribution is 7.89. The highest BCUT2D eigenvalue weighted by atomic mass is 35.5. The van der Waals surface area contributed by atoms with Gasteiger partial charge in [0.15, 0.2) is 0 Å². The molecule has 2 aromatic carbocycles. The Morgan fingerprint density at radius 2 is 1.76 bits per heavy atom. The summed E-state index contributed by atoms with van der Waals surface area (Å²) in [4.78, 5) is 2.52. The highest BCUT2D eigenvalue weighted by Crippen LogP contribution is 2.43. The van der Waals surface area contributed by atoms with Crippen molar-refractivity contribution in [2.45, 2.75) is 61.7 Å². The van der Waals surface area contributed by atoms with E-state index in [2.05, 4.69) is 14.9 Å². The number of hydrogen-bond acceptors (Lipinski definition) is 4. The lowest BCUT2D eigenvalue weighted by molar-refractivity contribution is 0.0404. The Labute approximate surface area is 212 Å². The Morgan fingerprint density at radius 1 is 1.12 bits per heavy atom. The van der Waals surface area contributed by atoms with Crippen LogP contribution in [0.4, 0.5) is 4.39 Å². The minimum Gasteiger partial charge on any atom is -0.314 e. The Balaban J connectivity index is 1.45. The van der Waals surface area contributed by atoms with Crippen LogP contribution in [-0.4, -0.2) is 51.2 Å². The molecule has 1 aliphatic carbocycles. The summed E-state index contributed by atoms with van der Waals surface area (Å²) in [5.74, 6) is 0. The van der Waals surface area contributed by atoms with Crippen molar-refractivity contribution in [1.29, 1.82) is 0 Å². The smallest absolute Gasteiger partial charge is 0.240 e. The molecule has 2 fully saturated rings. The molecule has 5 nitrogen and oxygen atoms in total. The van der Waals surface area contributed by atoms with Crippen molar-refractivity contribution in [2.75, 3.05) is 26.2 Å². The molecule has 0 aromatic heterocycles. The molecule has 4 rings (SSSR count). The molecule has 9 heteroatoms. The van der Waals surface area contributed by atoms with Crippen molar-refractivity contribution in [3.8, 4) is 0 Å². The Morgan fingerprint density at radius 3 is 2.41 bits per heavy atom. The fraction of sp³-hybridized carbons (Fsp3) is 0.520. The maximum atomic E-state index is 16.2. The molecule has 0 bridgehead atoms. The van der Waals surface area contributed by atoms with Gasteiger partial charge in [-0.05, 0) is 56.4 Å². The summed E-state index contributed by atoms with van der Waals surface area (Å²) >= 11 is 12.9. The molecule has 1 aliphatic heterocycles. The molecular formula is C25H32Cl2FN3O2S. The second-order valence-electron chi connectivity index (χ2n) is 9.51. The quantitative estimate of drug-likeness (QED) is 0.514. The van der Waals surface area contributed by atoms with E-state index in [-0.39, 0.29) is 17.0 Å². The Hall–Kier alpha value is -1.22. The minimum atomic E-state index is -3.63. The third kappa shape index (κ3) is 6.12.